The predicted molar refractivity (Wildman–Crippen MR) is 266 cm³/mol. The summed E-state index contributed by atoms with van der Waals surface area (Å²) in [5.74, 6) is 7.63. The second kappa shape index (κ2) is 17.8. The Kier molecular flexibility index (Phi) is 11.5. The van der Waals surface area contributed by atoms with E-state index in [1.807, 2.05) is 51.2 Å². The van der Waals surface area contributed by atoms with Crippen molar-refractivity contribution in [3.63, 3.8) is 0 Å². The van der Waals surface area contributed by atoms with Crippen LogP contribution >= 0.6 is 0 Å². The van der Waals surface area contributed by atoms with Gasteiger partial charge in [0, 0.05) is 31.2 Å². The minimum Gasteiger partial charge on any atom is 0 e. The summed E-state index contributed by atoms with van der Waals surface area (Å²) in [6.45, 7) is 15.9. The van der Waals surface area contributed by atoms with E-state index >= 15 is 0 Å². The first-order chi connectivity index (χ1) is 31.0. The molecule has 0 unspecified atom stereocenters. The summed E-state index contributed by atoms with van der Waals surface area (Å²) in [5.41, 5.74) is 14.2. The van der Waals surface area contributed by atoms with Crippen LogP contribution in [0.1, 0.15) is 74.8 Å². The third-order valence-corrected chi connectivity index (χ3v) is 15.5. The summed E-state index contributed by atoms with van der Waals surface area (Å²) in [6.07, 6.45) is 0.375. The SMILES string of the molecule is Cc1cc2oc3c[c-]c(-c4nc5ccccc5n4-c4ccc(-c5ccccc5)cc4C(C)(C)C)cc3c2cc1C.[2H]C([2H])c1c[c-]c(-c2cc(C([2H])([2H])C(C)(C)C)[c]([Ge]([CH3])([CH3])[CH3])cn2)cc1.[Ir]. The van der Waals surface area contributed by atoms with Crippen molar-refractivity contribution in [1.82, 2.24) is 14.5 Å². The van der Waals surface area contributed by atoms with E-state index in [2.05, 4.69) is 159 Å². The molecule has 9 rings (SSSR count). The van der Waals surface area contributed by atoms with E-state index in [1.165, 1.54) is 27.8 Å². The zero-order valence-electron chi connectivity index (χ0n) is 42.3. The standard InChI is InChI=1S/C37H31N2O.C20H28GeN.Ir/c1-23-19-28-29-21-27(16-18-34(29)40-35(28)20-24(23)2)36-38-31-13-9-10-14-33(31)39(36)32-17-15-26(22-30(32)37(3,4)5)25-11-7-6-8-12-25;1-15-8-10-16(11-9-15)19-12-17(13-20(2,3)4)18(14-22-19)21(5,6)7;/h6-15,17-22H,1-5H3;8-10,12,14H,13H2,1-7H3;/q2*-1;/i;1D2,13D2;. The van der Waals surface area contributed by atoms with Gasteiger partial charge in [-0.1, -0.05) is 74.7 Å². The Morgan fingerprint density at radius 2 is 1.43 bits per heavy atom. The molecule has 0 aliphatic carbocycles. The van der Waals surface area contributed by atoms with Crippen molar-refractivity contribution < 1.29 is 30.0 Å². The minimum absolute atomic E-state index is 0. The van der Waals surface area contributed by atoms with Crippen molar-refractivity contribution in [3.05, 3.63) is 167 Å². The zero-order chi connectivity index (χ0) is 47.5. The molecule has 0 saturated heterocycles. The first-order valence-corrected chi connectivity index (χ1v) is 28.8. The molecule has 0 aliphatic heterocycles. The molecule has 0 aliphatic rings. The number of nitrogens with zero attached hydrogens (tertiary/aromatic N) is 3. The molecule has 0 N–H and O–H groups in total. The van der Waals surface area contributed by atoms with Gasteiger partial charge in [0.15, 0.2) is 0 Å². The number of rotatable bonds is 6. The maximum atomic E-state index is 8.80. The summed E-state index contributed by atoms with van der Waals surface area (Å²) in [4.78, 5) is 9.77. The Bertz CT molecular complexity index is 3230. The second-order valence-electron chi connectivity index (χ2n) is 19.5. The maximum Gasteiger partial charge on any atom is 0 e. The number of hydrogen-bond acceptors (Lipinski definition) is 3. The Balaban J connectivity index is 0.000000216. The van der Waals surface area contributed by atoms with Gasteiger partial charge >= 0.3 is 144 Å². The Morgan fingerprint density at radius 3 is 2.11 bits per heavy atom. The van der Waals surface area contributed by atoms with E-state index in [4.69, 9.17) is 14.9 Å². The Labute approximate surface area is 396 Å². The van der Waals surface area contributed by atoms with Gasteiger partial charge in [-0.05, 0) is 83.5 Å². The summed E-state index contributed by atoms with van der Waals surface area (Å²) in [7, 11) is 0. The first-order valence-electron chi connectivity index (χ1n) is 23.6. The van der Waals surface area contributed by atoms with Crippen molar-refractivity contribution in [2.24, 2.45) is 5.41 Å². The van der Waals surface area contributed by atoms with Crippen molar-refractivity contribution in [2.75, 3.05) is 0 Å². The molecule has 9 aromatic rings. The molecule has 0 saturated carbocycles. The number of pyridine rings is 1. The van der Waals surface area contributed by atoms with E-state index in [9.17, 15) is 0 Å². The van der Waals surface area contributed by atoms with E-state index in [0.717, 1.165) is 65.6 Å². The molecular weight excluding hydrogens is 1010 g/mol. The van der Waals surface area contributed by atoms with Gasteiger partial charge in [-0.3, -0.25) is 4.98 Å². The van der Waals surface area contributed by atoms with Gasteiger partial charge in [0.2, 0.25) is 0 Å². The monoisotopic (exact) mass is 1070 g/mol. The number of para-hydroxylation sites is 2. The summed E-state index contributed by atoms with van der Waals surface area (Å²) >= 11 is -2.32. The van der Waals surface area contributed by atoms with Crippen molar-refractivity contribution in [2.45, 2.75) is 91.3 Å². The molecule has 0 bridgehead atoms. The number of aromatic nitrogens is 3. The van der Waals surface area contributed by atoms with Crippen molar-refractivity contribution in [3.8, 4) is 39.5 Å². The van der Waals surface area contributed by atoms with Gasteiger partial charge in [-0.25, -0.2) is 0 Å². The third kappa shape index (κ3) is 9.87. The number of aryl methyl sites for hydroxylation is 3. The van der Waals surface area contributed by atoms with Crippen LogP contribution in [0.2, 0.25) is 17.3 Å². The van der Waals surface area contributed by atoms with E-state index in [-0.39, 0.29) is 25.5 Å². The predicted octanol–water partition coefficient (Wildman–Crippen LogP) is 15.0. The van der Waals surface area contributed by atoms with Gasteiger partial charge in [0.05, 0.1) is 22.4 Å². The Hall–Kier alpha value is -5.07. The third-order valence-electron chi connectivity index (χ3n) is 11.3. The molecule has 4 nitrogen and oxygen atoms in total. The van der Waals surface area contributed by atoms with Gasteiger partial charge < -0.3 is 8.98 Å². The van der Waals surface area contributed by atoms with E-state index in [1.54, 1.807) is 12.1 Å². The topological polar surface area (TPSA) is 43.9 Å². The van der Waals surface area contributed by atoms with Gasteiger partial charge in [-0.15, -0.1) is 23.8 Å². The molecule has 3 aromatic heterocycles. The van der Waals surface area contributed by atoms with Crippen LogP contribution in [0.3, 0.4) is 0 Å². The van der Waals surface area contributed by atoms with E-state index in [0.29, 0.717) is 11.3 Å². The number of benzene rings is 6. The molecular formula is C57H59GeIrN3O-2. The fourth-order valence-corrected chi connectivity index (χ4v) is 10.9. The number of furan rings is 1. The van der Waals surface area contributed by atoms with Crippen LogP contribution in [0.5, 0.6) is 0 Å². The van der Waals surface area contributed by atoms with Gasteiger partial charge in [-0.2, -0.15) is 0 Å². The summed E-state index contributed by atoms with van der Waals surface area (Å²) < 4.78 is 42.1. The molecule has 6 aromatic carbocycles. The molecule has 0 spiro atoms. The van der Waals surface area contributed by atoms with Crippen LogP contribution in [-0.2, 0) is 31.9 Å². The van der Waals surface area contributed by atoms with E-state index < -0.39 is 31.9 Å². The summed E-state index contributed by atoms with van der Waals surface area (Å²) in [6, 6.07) is 47.9. The first kappa shape index (κ1) is 40.7. The largest absolute Gasteiger partial charge is 0 e. The molecule has 1 radical (unpaired) electrons. The van der Waals surface area contributed by atoms with Crippen LogP contribution in [0.4, 0.5) is 0 Å². The average molecular weight is 1070 g/mol. The fraction of sp³-hybridized carbons (Fsp3) is 0.263. The van der Waals surface area contributed by atoms with Crippen LogP contribution in [0.25, 0.3) is 72.4 Å². The number of imidazole rings is 1. The van der Waals surface area contributed by atoms with Crippen molar-refractivity contribution in [1.29, 1.82) is 0 Å². The van der Waals surface area contributed by atoms with Crippen molar-refractivity contribution >= 4 is 50.6 Å². The van der Waals surface area contributed by atoms with Crippen LogP contribution in [-0.4, -0.2) is 27.8 Å². The quantitative estimate of drug-likeness (QED) is 0.123. The van der Waals surface area contributed by atoms with Gasteiger partial charge in [0.25, 0.3) is 0 Å². The molecule has 0 amide bonds. The smallest absolute Gasteiger partial charge is 0 e. The Morgan fingerprint density at radius 1 is 0.730 bits per heavy atom. The molecule has 6 heteroatoms. The average Bonchev–Trinajstić information content (AvgIpc) is 3.83. The normalized spacial score (nSPS) is 13.3. The van der Waals surface area contributed by atoms with Crippen LogP contribution < -0.4 is 4.40 Å². The van der Waals surface area contributed by atoms with Crippen LogP contribution in [0, 0.1) is 38.3 Å². The molecule has 323 valence electrons. The number of hydrogen-bond donors (Lipinski definition) is 0. The zero-order valence-corrected chi connectivity index (χ0v) is 42.8. The number of fused-ring (bicyclic) bond motifs is 4. The van der Waals surface area contributed by atoms with Crippen LogP contribution in [0.15, 0.2) is 132 Å². The second-order valence-corrected chi connectivity index (χ2v) is 30.1. The molecule has 0 fully saturated rings. The molecule has 0 atom stereocenters. The summed E-state index contributed by atoms with van der Waals surface area (Å²) in [5, 5.41) is 2.21. The fourth-order valence-electron chi connectivity index (χ4n) is 8.00. The van der Waals surface area contributed by atoms with Gasteiger partial charge in [0.1, 0.15) is 5.58 Å². The minimum atomic E-state index is -2.32. The molecule has 3 heterocycles. The maximum absolute atomic E-state index is 8.80. The molecule has 63 heavy (non-hydrogen) atoms.